The third kappa shape index (κ3) is 2.93. The van der Waals surface area contributed by atoms with Crippen molar-refractivity contribution in [3.05, 3.63) is 27.5 Å². The van der Waals surface area contributed by atoms with Gasteiger partial charge in [-0.3, -0.25) is 4.79 Å². The van der Waals surface area contributed by atoms with Crippen LogP contribution in [0.5, 0.6) is 5.75 Å². The number of methoxy groups -OCH3 is 1. The first-order valence-electron chi connectivity index (χ1n) is 5.76. The molecule has 2 heterocycles. The molecular formula is C12H15N3O3S. The number of carbonyl (C=O) groups is 1. The minimum atomic E-state index is -0.346. The Kier molecular flexibility index (Phi) is 3.84. The Morgan fingerprint density at radius 2 is 2.26 bits per heavy atom. The molecule has 0 aliphatic rings. The molecule has 2 rings (SSSR count). The van der Waals surface area contributed by atoms with Gasteiger partial charge in [0.1, 0.15) is 16.7 Å². The number of rotatable bonds is 4. The van der Waals surface area contributed by atoms with Gasteiger partial charge in [0.05, 0.1) is 7.11 Å². The van der Waals surface area contributed by atoms with Crippen molar-refractivity contribution in [3.8, 4) is 5.75 Å². The van der Waals surface area contributed by atoms with Crippen LogP contribution in [0.1, 0.15) is 39.2 Å². The number of ether oxygens (including phenoxy) is 1. The van der Waals surface area contributed by atoms with Gasteiger partial charge in [0, 0.05) is 4.88 Å². The summed E-state index contributed by atoms with van der Waals surface area (Å²) in [5.74, 6) is 1.30. The molecule has 0 aliphatic carbocycles. The van der Waals surface area contributed by atoms with E-state index in [4.69, 9.17) is 9.26 Å². The first kappa shape index (κ1) is 13.5. The predicted molar refractivity (Wildman–Crippen MR) is 70.5 cm³/mol. The number of amides is 1. The smallest absolute Gasteiger partial charge is 0.265 e. The van der Waals surface area contributed by atoms with Gasteiger partial charge in [-0.1, -0.05) is 5.16 Å². The highest BCUT2D eigenvalue weighted by Crippen LogP contribution is 2.29. The van der Waals surface area contributed by atoms with Gasteiger partial charge in [-0.15, -0.1) is 11.3 Å². The van der Waals surface area contributed by atoms with Crippen LogP contribution in [0.25, 0.3) is 0 Å². The van der Waals surface area contributed by atoms with Gasteiger partial charge in [-0.05, 0) is 26.8 Å². The molecule has 0 bridgehead atoms. The van der Waals surface area contributed by atoms with Crippen molar-refractivity contribution in [1.29, 1.82) is 0 Å². The highest BCUT2D eigenvalue weighted by molar-refractivity contribution is 7.14. The van der Waals surface area contributed by atoms with Crippen molar-refractivity contribution in [1.82, 2.24) is 15.5 Å². The Morgan fingerprint density at radius 1 is 1.53 bits per heavy atom. The quantitative estimate of drug-likeness (QED) is 0.930. The molecule has 1 amide bonds. The van der Waals surface area contributed by atoms with Crippen LogP contribution in [0.15, 0.2) is 10.6 Å². The number of nitrogens with zero attached hydrogens (tertiary/aromatic N) is 2. The summed E-state index contributed by atoms with van der Waals surface area (Å²) in [7, 11) is 1.54. The average Bonchev–Trinajstić information content (AvgIpc) is 2.95. The molecule has 102 valence electrons. The minimum absolute atomic E-state index is 0.210. The van der Waals surface area contributed by atoms with Crippen LogP contribution in [-0.4, -0.2) is 23.2 Å². The molecule has 0 fully saturated rings. The zero-order valence-electron chi connectivity index (χ0n) is 11.2. The standard InChI is InChI=1S/C12H15N3O3S/c1-6-5-9(17-4)10(19-6)11(16)13-7(2)12-14-8(3)15-18-12/h5,7H,1-4H3,(H,13,16)/t7-/m0/s1. The van der Waals surface area contributed by atoms with Crippen molar-refractivity contribution < 1.29 is 14.1 Å². The molecule has 0 radical (unpaired) electrons. The Labute approximate surface area is 114 Å². The fourth-order valence-corrected chi connectivity index (χ4v) is 2.50. The van der Waals surface area contributed by atoms with Crippen LogP contribution in [0.3, 0.4) is 0 Å². The van der Waals surface area contributed by atoms with Crippen molar-refractivity contribution in [3.63, 3.8) is 0 Å². The SMILES string of the molecule is COc1cc(C)sc1C(=O)N[C@@H](C)c1nc(C)no1. The molecule has 1 N–H and O–H groups in total. The first-order valence-corrected chi connectivity index (χ1v) is 6.58. The summed E-state index contributed by atoms with van der Waals surface area (Å²) in [4.78, 5) is 17.8. The van der Waals surface area contributed by atoms with Crippen molar-refractivity contribution in [2.45, 2.75) is 26.8 Å². The fraction of sp³-hybridized carbons (Fsp3) is 0.417. The zero-order chi connectivity index (χ0) is 14.0. The highest BCUT2D eigenvalue weighted by Gasteiger charge is 2.20. The molecule has 0 saturated carbocycles. The van der Waals surface area contributed by atoms with Crippen LogP contribution in [-0.2, 0) is 0 Å². The van der Waals surface area contributed by atoms with Gasteiger partial charge in [0.15, 0.2) is 5.82 Å². The lowest BCUT2D eigenvalue weighted by Gasteiger charge is -2.09. The Morgan fingerprint density at radius 3 is 2.84 bits per heavy atom. The lowest BCUT2D eigenvalue weighted by Crippen LogP contribution is -2.26. The monoisotopic (exact) mass is 281 g/mol. The number of hydrogen-bond acceptors (Lipinski definition) is 6. The van der Waals surface area contributed by atoms with E-state index in [0.717, 1.165) is 4.88 Å². The van der Waals surface area contributed by atoms with Crippen molar-refractivity contribution in [2.24, 2.45) is 0 Å². The molecular weight excluding hydrogens is 266 g/mol. The largest absolute Gasteiger partial charge is 0.495 e. The summed E-state index contributed by atoms with van der Waals surface area (Å²) in [6, 6.07) is 1.49. The van der Waals surface area contributed by atoms with E-state index >= 15 is 0 Å². The lowest BCUT2D eigenvalue weighted by molar-refractivity contribution is 0.0934. The number of carbonyl (C=O) groups excluding carboxylic acids is 1. The lowest BCUT2D eigenvalue weighted by atomic mass is 10.3. The summed E-state index contributed by atoms with van der Waals surface area (Å²) in [5.41, 5.74) is 0. The second kappa shape index (κ2) is 5.40. The highest BCUT2D eigenvalue weighted by atomic mass is 32.1. The summed E-state index contributed by atoms with van der Waals surface area (Å²) >= 11 is 1.39. The molecule has 0 saturated heterocycles. The normalized spacial score (nSPS) is 12.2. The van der Waals surface area contributed by atoms with E-state index in [9.17, 15) is 4.79 Å². The number of thiophene rings is 1. The van der Waals surface area contributed by atoms with Gasteiger partial charge in [-0.2, -0.15) is 4.98 Å². The second-order valence-electron chi connectivity index (χ2n) is 4.13. The third-order valence-electron chi connectivity index (χ3n) is 2.51. The maximum atomic E-state index is 12.2. The van der Waals surface area contributed by atoms with E-state index < -0.39 is 0 Å². The van der Waals surface area contributed by atoms with E-state index in [0.29, 0.717) is 22.3 Å². The van der Waals surface area contributed by atoms with Crippen molar-refractivity contribution in [2.75, 3.05) is 7.11 Å². The summed E-state index contributed by atoms with van der Waals surface area (Å²) in [5, 5.41) is 6.51. The van der Waals surface area contributed by atoms with E-state index in [-0.39, 0.29) is 11.9 Å². The van der Waals surface area contributed by atoms with Crippen LogP contribution in [0, 0.1) is 13.8 Å². The van der Waals surface area contributed by atoms with Crippen LogP contribution in [0.2, 0.25) is 0 Å². The number of nitrogens with one attached hydrogen (secondary N) is 1. The molecule has 19 heavy (non-hydrogen) atoms. The number of aromatic nitrogens is 2. The molecule has 7 heteroatoms. The average molecular weight is 281 g/mol. The minimum Gasteiger partial charge on any atom is -0.495 e. The van der Waals surface area contributed by atoms with E-state index in [1.807, 2.05) is 13.0 Å². The molecule has 6 nitrogen and oxygen atoms in total. The van der Waals surface area contributed by atoms with Gasteiger partial charge in [-0.25, -0.2) is 0 Å². The molecule has 1 atom stereocenters. The first-order chi connectivity index (χ1) is 9.01. The Hall–Kier alpha value is -1.89. The molecule has 2 aromatic rings. The topological polar surface area (TPSA) is 77.2 Å². The third-order valence-corrected chi connectivity index (χ3v) is 3.54. The number of aryl methyl sites for hydroxylation is 2. The Bertz CT molecular complexity index is 591. The maximum Gasteiger partial charge on any atom is 0.265 e. The summed E-state index contributed by atoms with van der Waals surface area (Å²) < 4.78 is 10.2. The van der Waals surface area contributed by atoms with E-state index in [2.05, 4.69) is 15.5 Å². The van der Waals surface area contributed by atoms with Crippen LogP contribution in [0.4, 0.5) is 0 Å². The van der Waals surface area contributed by atoms with E-state index in [1.165, 1.54) is 11.3 Å². The van der Waals surface area contributed by atoms with Crippen LogP contribution >= 0.6 is 11.3 Å². The van der Waals surface area contributed by atoms with Crippen LogP contribution < -0.4 is 10.1 Å². The van der Waals surface area contributed by atoms with Gasteiger partial charge in [0.2, 0.25) is 5.89 Å². The summed E-state index contributed by atoms with van der Waals surface area (Å²) in [6.45, 7) is 5.44. The zero-order valence-corrected chi connectivity index (χ0v) is 12.0. The predicted octanol–water partition coefficient (Wildman–Crippen LogP) is 2.25. The molecule has 0 unspecified atom stereocenters. The molecule has 0 aliphatic heterocycles. The van der Waals surface area contributed by atoms with Gasteiger partial charge in [0.25, 0.3) is 5.91 Å². The second-order valence-corrected chi connectivity index (χ2v) is 5.39. The maximum absolute atomic E-state index is 12.2. The molecule has 0 spiro atoms. The van der Waals surface area contributed by atoms with E-state index in [1.54, 1.807) is 21.0 Å². The fourth-order valence-electron chi connectivity index (χ4n) is 1.61. The van der Waals surface area contributed by atoms with Gasteiger partial charge < -0.3 is 14.6 Å². The summed E-state index contributed by atoms with van der Waals surface area (Å²) in [6.07, 6.45) is 0. The molecule has 0 aromatic carbocycles. The molecule has 2 aromatic heterocycles. The Balaban J connectivity index is 2.12. The number of hydrogen-bond donors (Lipinski definition) is 1. The van der Waals surface area contributed by atoms with Crippen molar-refractivity contribution >= 4 is 17.2 Å². The van der Waals surface area contributed by atoms with Gasteiger partial charge >= 0.3 is 0 Å².